The molecule has 14 heavy (non-hydrogen) atoms. The zero-order valence-electron chi connectivity index (χ0n) is 10.2. The predicted octanol–water partition coefficient (Wildman–Crippen LogP) is 2.22. The summed E-state index contributed by atoms with van der Waals surface area (Å²) in [6, 6.07) is 0.457. The topological polar surface area (TPSA) is 40.5 Å². The molecule has 0 rings (SSSR count). The number of hydrogen-bond donors (Lipinski definition) is 1. The number of nitrogens with zero attached hydrogens (tertiary/aromatic N) is 1. The summed E-state index contributed by atoms with van der Waals surface area (Å²) in [5.41, 5.74) is 0.182. The highest BCUT2D eigenvalue weighted by molar-refractivity contribution is 5.67. The fourth-order valence-corrected chi connectivity index (χ4v) is 1.39. The molecule has 84 valence electrons. The highest BCUT2D eigenvalue weighted by Crippen LogP contribution is 2.24. The number of carbonyl (C=O) groups is 1. The molecule has 0 fully saturated rings. The molecule has 3 heteroatoms. The van der Waals surface area contributed by atoms with Crippen LogP contribution in [0.1, 0.15) is 41.0 Å². The van der Waals surface area contributed by atoms with Crippen LogP contribution >= 0.6 is 0 Å². The lowest BCUT2D eigenvalue weighted by Crippen LogP contribution is -2.44. The van der Waals surface area contributed by atoms with Crippen molar-refractivity contribution in [3.63, 3.8) is 0 Å². The summed E-state index contributed by atoms with van der Waals surface area (Å²) in [7, 11) is 1.99. The molecule has 2 unspecified atom stereocenters. The lowest BCUT2D eigenvalue weighted by molar-refractivity contribution is -0.138. The Bertz CT molecular complexity index is 196. The molecular formula is C11H23NO2. The summed E-state index contributed by atoms with van der Waals surface area (Å²) in [4.78, 5) is 12.7. The third-order valence-corrected chi connectivity index (χ3v) is 3.03. The Morgan fingerprint density at radius 3 is 2.07 bits per heavy atom. The maximum atomic E-state index is 10.6. The quantitative estimate of drug-likeness (QED) is 0.758. The van der Waals surface area contributed by atoms with Gasteiger partial charge in [-0.3, -0.25) is 9.69 Å². The molecule has 0 saturated heterocycles. The van der Waals surface area contributed by atoms with Gasteiger partial charge in [0.2, 0.25) is 0 Å². The number of aliphatic carboxylic acids is 1. The molecule has 1 N–H and O–H groups in total. The van der Waals surface area contributed by atoms with Gasteiger partial charge >= 0.3 is 5.97 Å². The van der Waals surface area contributed by atoms with Crippen molar-refractivity contribution in [3.8, 4) is 0 Å². The molecule has 0 aromatic rings. The average Bonchev–Trinajstić information content (AvgIpc) is 1.98. The average molecular weight is 201 g/mol. The Balaban J connectivity index is 4.31. The molecule has 2 atom stereocenters. The molecule has 0 amide bonds. The molecule has 0 radical (unpaired) electrons. The molecular weight excluding hydrogens is 178 g/mol. The minimum atomic E-state index is -0.731. The summed E-state index contributed by atoms with van der Waals surface area (Å²) in [5.74, 6) is -0.731. The van der Waals surface area contributed by atoms with E-state index < -0.39 is 5.97 Å². The third-order valence-electron chi connectivity index (χ3n) is 3.03. The lowest BCUT2D eigenvalue weighted by Gasteiger charge is -2.38. The monoisotopic (exact) mass is 201 g/mol. The largest absolute Gasteiger partial charge is 0.481 e. The summed E-state index contributed by atoms with van der Waals surface area (Å²) in [6.07, 6.45) is 0.205. The smallest absolute Gasteiger partial charge is 0.304 e. The molecule has 0 aromatic heterocycles. The Hall–Kier alpha value is -0.570. The van der Waals surface area contributed by atoms with Crippen LogP contribution in [0.3, 0.4) is 0 Å². The van der Waals surface area contributed by atoms with E-state index in [1.54, 1.807) is 0 Å². The standard InChI is InChI=1S/C11H23NO2/c1-8(7-10(13)14)12(6)9(2)11(3,4)5/h8-9H,7H2,1-6H3,(H,13,14). The van der Waals surface area contributed by atoms with E-state index in [2.05, 4.69) is 32.6 Å². The Morgan fingerprint density at radius 2 is 1.79 bits per heavy atom. The van der Waals surface area contributed by atoms with Gasteiger partial charge in [-0.1, -0.05) is 20.8 Å². The maximum absolute atomic E-state index is 10.6. The second-order valence-electron chi connectivity index (χ2n) is 5.15. The van der Waals surface area contributed by atoms with Crippen molar-refractivity contribution in [2.24, 2.45) is 5.41 Å². The van der Waals surface area contributed by atoms with E-state index in [1.165, 1.54) is 0 Å². The van der Waals surface area contributed by atoms with Crippen molar-refractivity contribution < 1.29 is 9.90 Å². The first kappa shape index (κ1) is 13.4. The van der Waals surface area contributed by atoms with Crippen LogP contribution in [-0.4, -0.2) is 35.1 Å². The first-order chi connectivity index (χ1) is 6.16. The zero-order valence-corrected chi connectivity index (χ0v) is 10.2. The molecule has 0 aliphatic heterocycles. The van der Waals surface area contributed by atoms with Gasteiger partial charge < -0.3 is 5.11 Å². The van der Waals surface area contributed by atoms with E-state index in [4.69, 9.17) is 5.11 Å². The van der Waals surface area contributed by atoms with E-state index >= 15 is 0 Å². The van der Waals surface area contributed by atoms with Gasteiger partial charge in [0.25, 0.3) is 0 Å². The van der Waals surface area contributed by atoms with Crippen molar-refractivity contribution in [2.45, 2.75) is 53.1 Å². The molecule has 0 aliphatic rings. The van der Waals surface area contributed by atoms with Crippen LogP contribution in [0.25, 0.3) is 0 Å². The van der Waals surface area contributed by atoms with Crippen molar-refractivity contribution >= 4 is 5.97 Å². The van der Waals surface area contributed by atoms with Gasteiger partial charge in [0, 0.05) is 12.1 Å². The molecule has 0 bridgehead atoms. The molecule has 0 heterocycles. The van der Waals surface area contributed by atoms with Crippen molar-refractivity contribution in [3.05, 3.63) is 0 Å². The van der Waals surface area contributed by atoms with Crippen LogP contribution in [0.15, 0.2) is 0 Å². The second kappa shape index (κ2) is 4.78. The number of carboxylic acid groups (broad SMARTS) is 1. The van der Waals surface area contributed by atoms with E-state index in [1.807, 2.05) is 14.0 Å². The summed E-state index contributed by atoms with van der Waals surface area (Å²) < 4.78 is 0. The van der Waals surface area contributed by atoms with E-state index in [0.717, 1.165) is 0 Å². The van der Waals surface area contributed by atoms with Gasteiger partial charge in [-0.05, 0) is 26.3 Å². The van der Waals surface area contributed by atoms with Gasteiger partial charge in [-0.25, -0.2) is 0 Å². The fraction of sp³-hybridized carbons (Fsp3) is 0.909. The first-order valence-electron chi connectivity index (χ1n) is 5.10. The second-order valence-corrected chi connectivity index (χ2v) is 5.15. The van der Waals surface area contributed by atoms with Crippen LogP contribution < -0.4 is 0 Å². The van der Waals surface area contributed by atoms with Gasteiger partial charge in [0.05, 0.1) is 6.42 Å². The van der Waals surface area contributed by atoms with Crippen LogP contribution in [0.4, 0.5) is 0 Å². The summed E-state index contributed by atoms with van der Waals surface area (Å²) >= 11 is 0. The van der Waals surface area contributed by atoms with E-state index in [0.29, 0.717) is 6.04 Å². The Morgan fingerprint density at radius 1 is 1.36 bits per heavy atom. The number of rotatable bonds is 4. The molecule has 0 spiro atoms. The number of hydrogen-bond acceptors (Lipinski definition) is 2. The first-order valence-corrected chi connectivity index (χ1v) is 5.10. The Kier molecular flexibility index (Phi) is 4.59. The van der Waals surface area contributed by atoms with Crippen LogP contribution in [-0.2, 0) is 4.79 Å². The Labute approximate surface area is 87.1 Å². The fourth-order valence-electron chi connectivity index (χ4n) is 1.39. The molecule has 0 aromatic carbocycles. The minimum Gasteiger partial charge on any atom is -0.481 e. The molecule has 3 nitrogen and oxygen atoms in total. The van der Waals surface area contributed by atoms with Gasteiger partial charge in [0.1, 0.15) is 0 Å². The van der Waals surface area contributed by atoms with Gasteiger partial charge in [-0.15, -0.1) is 0 Å². The third kappa shape index (κ3) is 4.09. The maximum Gasteiger partial charge on any atom is 0.304 e. The van der Waals surface area contributed by atoms with Crippen molar-refractivity contribution in [2.75, 3.05) is 7.05 Å². The van der Waals surface area contributed by atoms with E-state index in [9.17, 15) is 4.79 Å². The highest BCUT2D eigenvalue weighted by atomic mass is 16.4. The molecule has 0 aliphatic carbocycles. The van der Waals surface area contributed by atoms with Gasteiger partial charge in [0.15, 0.2) is 0 Å². The van der Waals surface area contributed by atoms with Crippen LogP contribution in [0, 0.1) is 5.41 Å². The van der Waals surface area contributed by atoms with Crippen LogP contribution in [0.2, 0.25) is 0 Å². The summed E-state index contributed by atoms with van der Waals surface area (Å²) in [5, 5.41) is 8.69. The van der Waals surface area contributed by atoms with Crippen molar-refractivity contribution in [1.82, 2.24) is 4.90 Å². The predicted molar refractivity (Wildman–Crippen MR) is 58.4 cm³/mol. The lowest BCUT2D eigenvalue weighted by atomic mass is 9.86. The zero-order chi connectivity index (χ0) is 11.5. The van der Waals surface area contributed by atoms with Gasteiger partial charge in [-0.2, -0.15) is 0 Å². The van der Waals surface area contributed by atoms with Crippen LogP contribution in [0.5, 0.6) is 0 Å². The summed E-state index contributed by atoms with van der Waals surface area (Å²) in [6.45, 7) is 10.6. The van der Waals surface area contributed by atoms with E-state index in [-0.39, 0.29) is 17.9 Å². The molecule has 0 saturated carbocycles. The normalized spacial score (nSPS) is 16.8. The SMILES string of the molecule is CC(CC(=O)O)N(C)C(C)C(C)(C)C. The van der Waals surface area contributed by atoms with Crippen molar-refractivity contribution in [1.29, 1.82) is 0 Å². The number of carboxylic acids is 1. The highest BCUT2D eigenvalue weighted by Gasteiger charge is 2.27. The minimum absolute atomic E-state index is 0.0849.